The molecule has 1 aromatic heterocycles. The molecular formula is C14H16N4O3. The van der Waals surface area contributed by atoms with Crippen molar-refractivity contribution in [2.75, 3.05) is 24.2 Å². The van der Waals surface area contributed by atoms with Gasteiger partial charge in [0.05, 0.1) is 11.5 Å². The molecule has 0 unspecified atom stereocenters. The van der Waals surface area contributed by atoms with Crippen molar-refractivity contribution in [1.82, 2.24) is 4.98 Å². The lowest BCUT2D eigenvalue weighted by Crippen LogP contribution is -2.09. The number of nitro groups is 1. The quantitative estimate of drug-likeness (QED) is 0.461. The largest absolute Gasteiger partial charge is 0.494 e. The Morgan fingerprint density at radius 3 is 2.67 bits per heavy atom. The Morgan fingerprint density at radius 1 is 1.24 bits per heavy atom. The number of nitrogens with zero attached hydrogens (tertiary/aromatic N) is 2. The number of ether oxygens (including phenoxy) is 1. The average Bonchev–Trinajstić information content (AvgIpc) is 2.47. The fourth-order valence-corrected chi connectivity index (χ4v) is 1.72. The van der Waals surface area contributed by atoms with Gasteiger partial charge in [0.15, 0.2) is 0 Å². The van der Waals surface area contributed by atoms with Crippen LogP contribution in [0.5, 0.6) is 5.75 Å². The standard InChI is InChI=1S/C14H16N4O3/c15-14-12(18(19)20)7-8-13(17-14)16-9-4-10-21-11-5-2-1-3-6-11/h1-3,5-8H,4,9-10H2,(H3,15,16,17). The second kappa shape index (κ2) is 7.09. The number of para-hydroxylation sites is 1. The lowest BCUT2D eigenvalue weighted by Gasteiger charge is -2.08. The van der Waals surface area contributed by atoms with Crippen molar-refractivity contribution in [2.45, 2.75) is 6.42 Å². The van der Waals surface area contributed by atoms with E-state index in [-0.39, 0.29) is 11.5 Å². The SMILES string of the molecule is Nc1nc(NCCCOc2ccccc2)ccc1[N+](=O)[O-]. The van der Waals surface area contributed by atoms with Gasteiger partial charge in [-0.1, -0.05) is 18.2 Å². The summed E-state index contributed by atoms with van der Waals surface area (Å²) in [6.07, 6.45) is 0.771. The van der Waals surface area contributed by atoms with E-state index in [0.29, 0.717) is 19.0 Å². The minimum absolute atomic E-state index is 0.0921. The van der Waals surface area contributed by atoms with Gasteiger partial charge in [0.25, 0.3) is 0 Å². The zero-order chi connectivity index (χ0) is 15.1. The van der Waals surface area contributed by atoms with Gasteiger partial charge in [-0.05, 0) is 24.6 Å². The predicted molar refractivity (Wildman–Crippen MR) is 80.3 cm³/mol. The first kappa shape index (κ1) is 14.6. The molecule has 0 saturated heterocycles. The molecule has 7 nitrogen and oxygen atoms in total. The van der Waals surface area contributed by atoms with Crippen LogP contribution in [0.15, 0.2) is 42.5 Å². The molecule has 7 heteroatoms. The summed E-state index contributed by atoms with van der Waals surface area (Å²) in [7, 11) is 0. The zero-order valence-corrected chi connectivity index (χ0v) is 11.4. The Balaban J connectivity index is 1.74. The van der Waals surface area contributed by atoms with Gasteiger partial charge in [0, 0.05) is 12.6 Å². The third-order valence-electron chi connectivity index (χ3n) is 2.74. The highest BCUT2D eigenvalue weighted by atomic mass is 16.6. The monoisotopic (exact) mass is 288 g/mol. The van der Waals surface area contributed by atoms with Crippen LogP contribution in [0.1, 0.15) is 6.42 Å². The Hall–Kier alpha value is -2.83. The van der Waals surface area contributed by atoms with Crippen LogP contribution in [0.2, 0.25) is 0 Å². The third kappa shape index (κ3) is 4.34. The smallest absolute Gasteiger partial charge is 0.311 e. The van der Waals surface area contributed by atoms with E-state index < -0.39 is 4.92 Å². The van der Waals surface area contributed by atoms with Crippen molar-refractivity contribution in [3.63, 3.8) is 0 Å². The van der Waals surface area contributed by atoms with E-state index in [1.165, 1.54) is 12.1 Å². The van der Waals surface area contributed by atoms with Crippen molar-refractivity contribution in [3.05, 3.63) is 52.6 Å². The van der Waals surface area contributed by atoms with Crippen LogP contribution in [0.25, 0.3) is 0 Å². The molecule has 0 amide bonds. The third-order valence-corrected chi connectivity index (χ3v) is 2.74. The summed E-state index contributed by atoms with van der Waals surface area (Å²) in [6, 6.07) is 12.4. The molecule has 1 aromatic carbocycles. The van der Waals surface area contributed by atoms with Gasteiger partial charge >= 0.3 is 5.69 Å². The fourth-order valence-electron chi connectivity index (χ4n) is 1.72. The number of nitrogens with two attached hydrogens (primary N) is 1. The molecule has 3 N–H and O–H groups in total. The number of nitrogens with one attached hydrogen (secondary N) is 1. The Bertz CT molecular complexity index is 604. The maximum Gasteiger partial charge on any atom is 0.311 e. The molecule has 2 rings (SSSR count). The molecule has 0 atom stereocenters. The molecule has 0 radical (unpaired) electrons. The van der Waals surface area contributed by atoms with Gasteiger partial charge in [-0.2, -0.15) is 0 Å². The van der Waals surface area contributed by atoms with Crippen molar-refractivity contribution < 1.29 is 9.66 Å². The number of nitrogen functional groups attached to an aromatic ring is 1. The number of hydrogen-bond acceptors (Lipinski definition) is 6. The summed E-state index contributed by atoms with van der Waals surface area (Å²) < 4.78 is 5.54. The average molecular weight is 288 g/mol. The highest BCUT2D eigenvalue weighted by molar-refractivity contribution is 5.57. The first-order valence-electron chi connectivity index (χ1n) is 6.49. The first-order valence-corrected chi connectivity index (χ1v) is 6.49. The lowest BCUT2D eigenvalue weighted by atomic mass is 10.3. The molecule has 0 aliphatic carbocycles. The Labute approximate surface area is 121 Å². The van der Waals surface area contributed by atoms with Crippen LogP contribution in [-0.4, -0.2) is 23.1 Å². The molecule has 0 spiro atoms. The normalized spacial score (nSPS) is 10.1. The van der Waals surface area contributed by atoms with Gasteiger partial charge in [0.2, 0.25) is 5.82 Å². The molecular weight excluding hydrogens is 272 g/mol. The second-order valence-electron chi connectivity index (χ2n) is 4.30. The molecule has 0 fully saturated rings. The summed E-state index contributed by atoms with van der Waals surface area (Å²) in [4.78, 5) is 14.0. The van der Waals surface area contributed by atoms with Crippen molar-refractivity contribution in [1.29, 1.82) is 0 Å². The molecule has 0 saturated carbocycles. The highest BCUT2D eigenvalue weighted by Gasteiger charge is 2.12. The summed E-state index contributed by atoms with van der Waals surface area (Å²) in [6.45, 7) is 1.20. The number of rotatable bonds is 7. The van der Waals surface area contributed by atoms with Crippen LogP contribution in [0.3, 0.4) is 0 Å². The first-order chi connectivity index (χ1) is 10.2. The van der Waals surface area contributed by atoms with Crippen LogP contribution < -0.4 is 15.8 Å². The fraction of sp³-hybridized carbons (Fsp3) is 0.214. The van der Waals surface area contributed by atoms with Gasteiger partial charge in [-0.25, -0.2) is 4.98 Å². The van der Waals surface area contributed by atoms with Crippen molar-refractivity contribution >= 4 is 17.3 Å². The van der Waals surface area contributed by atoms with Crippen LogP contribution in [0.4, 0.5) is 17.3 Å². The van der Waals surface area contributed by atoms with E-state index in [4.69, 9.17) is 10.5 Å². The molecule has 0 aliphatic rings. The predicted octanol–water partition coefficient (Wildman–Crippen LogP) is 2.45. The summed E-state index contributed by atoms with van der Waals surface area (Å²) in [5.74, 6) is 1.25. The maximum atomic E-state index is 10.6. The van der Waals surface area contributed by atoms with Gasteiger partial charge in [0.1, 0.15) is 11.6 Å². The molecule has 110 valence electrons. The molecule has 1 heterocycles. The second-order valence-corrected chi connectivity index (χ2v) is 4.30. The Kier molecular flexibility index (Phi) is 4.92. The van der Waals surface area contributed by atoms with E-state index in [0.717, 1.165) is 12.2 Å². The lowest BCUT2D eigenvalue weighted by molar-refractivity contribution is -0.384. The van der Waals surface area contributed by atoms with E-state index in [1.54, 1.807) is 0 Å². The maximum absolute atomic E-state index is 10.6. The molecule has 0 bridgehead atoms. The van der Waals surface area contributed by atoms with Crippen LogP contribution in [-0.2, 0) is 0 Å². The number of hydrogen-bond donors (Lipinski definition) is 2. The number of anilines is 2. The summed E-state index contributed by atoms with van der Waals surface area (Å²) in [5, 5.41) is 13.7. The number of benzene rings is 1. The molecule has 21 heavy (non-hydrogen) atoms. The topological polar surface area (TPSA) is 103 Å². The minimum Gasteiger partial charge on any atom is -0.494 e. The number of pyridine rings is 1. The van der Waals surface area contributed by atoms with E-state index in [1.807, 2.05) is 30.3 Å². The van der Waals surface area contributed by atoms with E-state index >= 15 is 0 Å². The van der Waals surface area contributed by atoms with Crippen LogP contribution in [0, 0.1) is 10.1 Å². The van der Waals surface area contributed by atoms with Gasteiger partial charge < -0.3 is 15.8 Å². The van der Waals surface area contributed by atoms with E-state index in [9.17, 15) is 10.1 Å². The van der Waals surface area contributed by atoms with Gasteiger partial charge in [-0.3, -0.25) is 10.1 Å². The van der Waals surface area contributed by atoms with E-state index in [2.05, 4.69) is 10.3 Å². The number of aromatic nitrogens is 1. The Morgan fingerprint density at radius 2 is 2.00 bits per heavy atom. The zero-order valence-electron chi connectivity index (χ0n) is 11.4. The molecule has 2 aromatic rings. The van der Waals surface area contributed by atoms with Gasteiger partial charge in [-0.15, -0.1) is 0 Å². The van der Waals surface area contributed by atoms with Crippen molar-refractivity contribution in [2.24, 2.45) is 0 Å². The summed E-state index contributed by atoms with van der Waals surface area (Å²) in [5.41, 5.74) is 5.32. The highest BCUT2D eigenvalue weighted by Crippen LogP contribution is 2.20. The summed E-state index contributed by atoms with van der Waals surface area (Å²) >= 11 is 0. The van der Waals surface area contributed by atoms with Crippen molar-refractivity contribution in [3.8, 4) is 5.75 Å². The van der Waals surface area contributed by atoms with Crippen LogP contribution >= 0.6 is 0 Å². The molecule has 0 aliphatic heterocycles. The minimum atomic E-state index is -0.556.